The number of H-pyrrole nitrogens is 1. The lowest BCUT2D eigenvalue weighted by atomic mass is 10.1. The van der Waals surface area contributed by atoms with Crippen LogP contribution in [0.4, 0.5) is 4.39 Å². The highest BCUT2D eigenvalue weighted by Crippen LogP contribution is 2.14. The molecule has 0 radical (unpaired) electrons. The average Bonchev–Trinajstić information content (AvgIpc) is 2.97. The van der Waals surface area contributed by atoms with Gasteiger partial charge in [0.15, 0.2) is 0 Å². The van der Waals surface area contributed by atoms with Crippen LogP contribution in [-0.4, -0.2) is 17.4 Å². The van der Waals surface area contributed by atoms with E-state index in [1.165, 1.54) is 23.1 Å². The molecular weight excluding hydrogens is 279 g/mol. The summed E-state index contributed by atoms with van der Waals surface area (Å²) in [5.74, 6) is -0.337. The molecule has 3 nitrogen and oxygen atoms in total. The number of halogens is 1. The summed E-state index contributed by atoms with van der Waals surface area (Å²) in [7, 11) is 0. The maximum Gasteiger partial charge on any atom is 0.224 e. The van der Waals surface area contributed by atoms with Crippen LogP contribution in [0.1, 0.15) is 11.1 Å². The number of amides is 1. The standard InChI is InChI=1S/C18H17FN2O/c19-16-5-2-13(3-6-16)12-18(22)21-9-7-14-1-4-15-8-10-20-17(15)11-14/h1-6,8,10-11,20H,7,9,12H2,(H,21,22). The van der Waals surface area contributed by atoms with Crippen molar-refractivity contribution < 1.29 is 9.18 Å². The van der Waals surface area contributed by atoms with E-state index in [9.17, 15) is 9.18 Å². The number of carbonyl (C=O) groups excluding carboxylic acids is 1. The molecule has 3 rings (SSSR count). The summed E-state index contributed by atoms with van der Waals surface area (Å²) in [6, 6.07) is 14.3. The van der Waals surface area contributed by atoms with E-state index >= 15 is 0 Å². The van der Waals surface area contributed by atoms with Crippen LogP contribution in [0.3, 0.4) is 0 Å². The minimum Gasteiger partial charge on any atom is -0.361 e. The quantitative estimate of drug-likeness (QED) is 0.746. The number of hydrogen-bond donors (Lipinski definition) is 2. The van der Waals surface area contributed by atoms with Gasteiger partial charge in [0.1, 0.15) is 5.82 Å². The molecule has 0 saturated carbocycles. The zero-order valence-electron chi connectivity index (χ0n) is 12.1. The van der Waals surface area contributed by atoms with Crippen LogP contribution in [0.15, 0.2) is 54.7 Å². The average molecular weight is 296 g/mol. The lowest BCUT2D eigenvalue weighted by Gasteiger charge is -2.06. The summed E-state index contributed by atoms with van der Waals surface area (Å²) in [5, 5.41) is 4.08. The second kappa shape index (κ2) is 6.43. The predicted octanol–water partition coefficient (Wildman–Crippen LogP) is 3.21. The molecule has 0 atom stereocenters. The normalized spacial score (nSPS) is 10.8. The molecule has 4 heteroatoms. The number of nitrogens with one attached hydrogen (secondary N) is 2. The van der Waals surface area contributed by atoms with Crippen LogP contribution >= 0.6 is 0 Å². The van der Waals surface area contributed by atoms with Gasteiger partial charge in [-0.15, -0.1) is 0 Å². The first-order valence-electron chi connectivity index (χ1n) is 7.28. The van der Waals surface area contributed by atoms with Crippen molar-refractivity contribution in [3.63, 3.8) is 0 Å². The SMILES string of the molecule is O=C(Cc1ccc(F)cc1)NCCc1ccc2cc[nH]c2c1. The molecule has 0 aliphatic heterocycles. The third-order valence-corrected chi connectivity index (χ3v) is 3.63. The van der Waals surface area contributed by atoms with Crippen LogP contribution in [0.25, 0.3) is 10.9 Å². The van der Waals surface area contributed by atoms with Gasteiger partial charge >= 0.3 is 0 Å². The molecule has 22 heavy (non-hydrogen) atoms. The summed E-state index contributed by atoms with van der Waals surface area (Å²) in [6.45, 7) is 0.590. The van der Waals surface area contributed by atoms with E-state index in [2.05, 4.69) is 28.5 Å². The fourth-order valence-electron chi connectivity index (χ4n) is 2.45. The molecule has 0 spiro atoms. The van der Waals surface area contributed by atoms with Crippen LogP contribution in [-0.2, 0) is 17.6 Å². The number of aromatic nitrogens is 1. The molecule has 112 valence electrons. The molecule has 0 aliphatic carbocycles. The number of fused-ring (bicyclic) bond motifs is 1. The Morgan fingerprint density at radius 1 is 1.05 bits per heavy atom. The number of hydrogen-bond acceptors (Lipinski definition) is 1. The Morgan fingerprint density at radius 2 is 1.82 bits per heavy atom. The second-order valence-electron chi connectivity index (χ2n) is 5.30. The highest BCUT2D eigenvalue weighted by atomic mass is 19.1. The van der Waals surface area contributed by atoms with Gasteiger partial charge in [0.25, 0.3) is 0 Å². The Hall–Kier alpha value is -2.62. The number of rotatable bonds is 5. The second-order valence-corrected chi connectivity index (χ2v) is 5.30. The monoisotopic (exact) mass is 296 g/mol. The molecule has 2 aromatic carbocycles. The highest BCUT2D eigenvalue weighted by Gasteiger charge is 2.04. The Morgan fingerprint density at radius 3 is 2.64 bits per heavy atom. The van der Waals surface area contributed by atoms with E-state index in [-0.39, 0.29) is 18.1 Å². The Bertz CT molecular complexity index is 777. The topological polar surface area (TPSA) is 44.9 Å². The zero-order chi connectivity index (χ0) is 15.4. The van der Waals surface area contributed by atoms with E-state index < -0.39 is 0 Å². The van der Waals surface area contributed by atoms with Gasteiger partial charge in [0.2, 0.25) is 5.91 Å². The minimum absolute atomic E-state index is 0.0486. The largest absolute Gasteiger partial charge is 0.361 e. The first-order valence-corrected chi connectivity index (χ1v) is 7.28. The van der Waals surface area contributed by atoms with E-state index in [0.717, 1.165) is 17.5 Å². The first-order chi connectivity index (χ1) is 10.7. The predicted molar refractivity (Wildman–Crippen MR) is 85.1 cm³/mol. The van der Waals surface area contributed by atoms with Gasteiger partial charge in [-0.3, -0.25) is 4.79 Å². The molecule has 0 unspecified atom stereocenters. The summed E-state index contributed by atoms with van der Waals surface area (Å²) in [5.41, 5.74) is 3.10. The molecule has 0 saturated heterocycles. The Balaban J connectivity index is 1.49. The van der Waals surface area contributed by atoms with E-state index in [4.69, 9.17) is 0 Å². The molecule has 1 aromatic heterocycles. The number of carbonyl (C=O) groups is 1. The summed E-state index contributed by atoms with van der Waals surface area (Å²) in [6.07, 6.45) is 2.97. The molecule has 0 bridgehead atoms. The third-order valence-electron chi connectivity index (χ3n) is 3.63. The maximum absolute atomic E-state index is 12.8. The number of aromatic amines is 1. The zero-order valence-corrected chi connectivity index (χ0v) is 12.1. The third kappa shape index (κ3) is 3.52. The Labute approximate surface area is 128 Å². The van der Waals surface area contributed by atoms with E-state index in [0.29, 0.717) is 6.54 Å². The fourth-order valence-corrected chi connectivity index (χ4v) is 2.45. The smallest absolute Gasteiger partial charge is 0.224 e. The molecule has 3 aromatic rings. The summed E-state index contributed by atoms with van der Waals surface area (Å²) >= 11 is 0. The minimum atomic E-state index is -0.288. The molecule has 0 fully saturated rings. The van der Waals surface area contributed by atoms with Crippen molar-refractivity contribution in [2.45, 2.75) is 12.8 Å². The highest BCUT2D eigenvalue weighted by molar-refractivity contribution is 5.80. The van der Waals surface area contributed by atoms with Crippen LogP contribution in [0, 0.1) is 5.82 Å². The van der Waals surface area contributed by atoms with Crippen LogP contribution in [0.5, 0.6) is 0 Å². The van der Waals surface area contributed by atoms with Gasteiger partial charge in [-0.25, -0.2) is 4.39 Å². The number of benzene rings is 2. The van der Waals surface area contributed by atoms with Crippen LogP contribution < -0.4 is 5.32 Å². The Kier molecular flexibility index (Phi) is 4.19. The van der Waals surface area contributed by atoms with Crippen molar-refractivity contribution in [1.29, 1.82) is 0 Å². The lowest BCUT2D eigenvalue weighted by molar-refractivity contribution is -0.120. The molecular formula is C18H17FN2O. The van der Waals surface area contributed by atoms with Gasteiger partial charge in [-0.2, -0.15) is 0 Å². The summed E-state index contributed by atoms with van der Waals surface area (Å²) < 4.78 is 12.8. The van der Waals surface area contributed by atoms with Crippen molar-refractivity contribution in [3.8, 4) is 0 Å². The van der Waals surface area contributed by atoms with Gasteiger partial charge in [-0.05, 0) is 47.2 Å². The van der Waals surface area contributed by atoms with E-state index in [1.54, 1.807) is 12.1 Å². The van der Waals surface area contributed by atoms with Crippen molar-refractivity contribution in [1.82, 2.24) is 10.3 Å². The van der Waals surface area contributed by atoms with Crippen molar-refractivity contribution >= 4 is 16.8 Å². The molecule has 2 N–H and O–H groups in total. The van der Waals surface area contributed by atoms with Gasteiger partial charge in [0, 0.05) is 18.3 Å². The summed E-state index contributed by atoms with van der Waals surface area (Å²) in [4.78, 5) is 15.0. The maximum atomic E-state index is 12.8. The fraction of sp³-hybridized carbons (Fsp3) is 0.167. The van der Waals surface area contributed by atoms with Gasteiger partial charge in [0.05, 0.1) is 6.42 Å². The molecule has 1 heterocycles. The van der Waals surface area contributed by atoms with Crippen molar-refractivity contribution in [2.24, 2.45) is 0 Å². The van der Waals surface area contributed by atoms with Crippen molar-refractivity contribution in [2.75, 3.05) is 6.54 Å². The van der Waals surface area contributed by atoms with E-state index in [1.807, 2.05) is 12.3 Å². The first kappa shape index (κ1) is 14.3. The van der Waals surface area contributed by atoms with Crippen LogP contribution in [0.2, 0.25) is 0 Å². The van der Waals surface area contributed by atoms with Gasteiger partial charge in [-0.1, -0.05) is 24.3 Å². The van der Waals surface area contributed by atoms with Crippen molar-refractivity contribution in [3.05, 3.63) is 71.7 Å². The van der Waals surface area contributed by atoms with Gasteiger partial charge < -0.3 is 10.3 Å². The lowest BCUT2D eigenvalue weighted by Crippen LogP contribution is -2.27. The molecule has 1 amide bonds. The molecule has 0 aliphatic rings.